The molecule has 2 N–H and O–H groups in total. The summed E-state index contributed by atoms with van der Waals surface area (Å²) in [5.41, 5.74) is 2.25. The molecule has 0 amide bonds. The summed E-state index contributed by atoms with van der Waals surface area (Å²) in [5.74, 6) is 0.0367. The highest BCUT2D eigenvalue weighted by Gasteiger charge is 2.16. The Morgan fingerprint density at radius 2 is 1.96 bits per heavy atom. The molecule has 0 atom stereocenters. The van der Waals surface area contributed by atoms with Gasteiger partial charge in [0.25, 0.3) is 0 Å². The van der Waals surface area contributed by atoms with Gasteiger partial charge in [0.05, 0.1) is 18.7 Å². The van der Waals surface area contributed by atoms with Gasteiger partial charge in [-0.2, -0.15) is 0 Å². The fourth-order valence-corrected chi connectivity index (χ4v) is 2.96. The number of benzene rings is 2. The van der Waals surface area contributed by atoms with Gasteiger partial charge in [0.1, 0.15) is 0 Å². The number of para-hydroxylation sites is 1. The monoisotopic (exact) mass is 402 g/mol. The zero-order chi connectivity index (χ0) is 19.2. The van der Waals surface area contributed by atoms with Crippen LogP contribution in [0.2, 0.25) is 5.02 Å². The van der Waals surface area contributed by atoms with Crippen LogP contribution in [0.5, 0.6) is 5.88 Å². The Labute approximate surface area is 167 Å². The first-order valence-corrected chi connectivity index (χ1v) is 9.12. The average Bonchev–Trinajstić information content (AvgIpc) is 2.93. The number of fused-ring (bicyclic) bond motifs is 1. The van der Waals surface area contributed by atoms with Crippen molar-refractivity contribution in [1.82, 2.24) is 9.88 Å². The summed E-state index contributed by atoms with van der Waals surface area (Å²) < 4.78 is 6.74. The lowest BCUT2D eigenvalue weighted by Crippen LogP contribution is -2.23. The van der Waals surface area contributed by atoms with Crippen LogP contribution in [-0.2, 0) is 11.3 Å². The van der Waals surface area contributed by atoms with Crippen LogP contribution < -0.4 is 5.32 Å². The molecule has 27 heavy (non-hydrogen) atoms. The number of azo groups is 1. The lowest BCUT2D eigenvalue weighted by atomic mass is 10.2. The summed E-state index contributed by atoms with van der Waals surface area (Å²) in [6.07, 6.45) is 0. The Hall–Kier alpha value is -2.48. The first-order chi connectivity index (χ1) is 13.1. The highest BCUT2D eigenvalue weighted by Crippen LogP contribution is 2.39. The summed E-state index contributed by atoms with van der Waals surface area (Å²) in [6.45, 7) is 1.54. The zero-order valence-corrected chi connectivity index (χ0v) is 16.3. The maximum atomic E-state index is 10.8. The first kappa shape index (κ1) is 19.3. The fourth-order valence-electron chi connectivity index (χ4n) is 2.69. The standard InChI is InChI=1S/C19H19ClN4O2S/c1-26-11-10-21-19(27)23-22-17-15-4-2-3-5-16(15)24(18(17)25)12-13-6-8-14(20)9-7-13/h2-9,25H,10-12H2,1H3,(H,21,27). The predicted molar refractivity (Wildman–Crippen MR) is 111 cm³/mol. The van der Waals surface area contributed by atoms with Crippen molar-refractivity contribution < 1.29 is 9.84 Å². The summed E-state index contributed by atoms with van der Waals surface area (Å²) in [4.78, 5) is 0. The van der Waals surface area contributed by atoms with Gasteiger partial charge < -0.3 is 19.7 Å². The average molecular weight is 403 g/mol. The second kappa shape index (κ2) is 8.94. The van der Waals surface area contributed by atoms with Gasteiger partial charge in [-0.05, 0) is 36.0 Å². The molecule has 140 valence electrons. The highest BCUT2D eigenvalue weighted by molar-refractivity contribution is 7.80. The van der Waals surface area contributed by atoms with Crippen molar-refractivity contribution in [2.24, 2.45) is 10.2 Å². The smallest absolute Gasteiger partial charge is 0.221 e. The number of methoxy groups -OCH3 is 1. The van der Waals surface area contributed by atoms with Crippen LogP contribution in [0.4, 0.5) is 5.69 Å². The topological polar surface area (TPSA) is 71.1 Å². The molecule has 1 aromatic heterocycles. The van der Waals surface area contributed by atoms with E-state index in [-0.39, 0.29) is 11.0 Å². The number of halogens is 1. The van der Waals surface area contributed by atoms with E-state index in [0.29, 0.717) is 30.4 Å². The normalized spacial score (nSPS) is 11.3. The molecule has 0 radical (unpaired) electrons. The molecule has 0 bridgehead atoms. The molecule has 2 aromatic carbocycles. The number of aromatic nitrogens is 1. The van der Waals surface area contributed by atoms with Crippen molar-refractivity contribution in [3.8, 4) is 5.88 Å². The van der Waals surface area contributed by atoms with E-state index in [4.69, 9.17) is 28.6 Å². The summed E-state index contributed by atoms with van der Waals surface area (Å²) in [6, 6.07) is 15.1. The molecule has 0 aliphatic heterocycles. The molecule has 0 saturated heterocycles. The quantitative estimate of drug-likeness (QED) is 0.357. The maximum absolute atomic E-state index is 10.8. The third-order valence-corrected chi connectivity index (χ3v) is 4.47. The van der Waals surface area contributed by atoms with Crippen LogP contribution in [0, 0.1) is 0 Å². The molecule has 0 spiro atoms. The summed E-state index contributed by atoms with van der Waals surface area (Å²) in [7, 11) is 1.61. The number of hydrogen-bond donors (Lipinski definition) is 2. The van der Waals surface area contributed by atoms with Crippen LogP contribution in [0.3, 0.4) is 0 Å². The number of thiocarbonyl (C=S) groups is 1. The molecule has 1 heterocycles. The second-order valence-electron chi connectivity index (χ2n) is 5.83. The second-order valence-corrected chi connectivity index (χ2v) is 6.65. The van der Waals surface area contributed by atoms with Crippen molar-refractivity contribution in [1.29, 1.82) is 0 Å². The molecule has 0 aliphatic rings. The van der Waals surface area contributed by atoms with Crippen molar-refractivity contribution in [2.45, 2.75) is 6.54 Å². The lowest BCUT2D eigenvalue weighted by molar-refractivity contribution is 0.204. The van der Waals surface area contributed by atoms with Gasteiger partial charge in [0.2, 0.25) is 11.0 Å². The minimum atomic E-state index is 0.0367. The van der Waals surface area contributed by atoms with E-state index in [1.807, 2.05) is 48.5 Å². The number of rotatable bonds is 6. The third kappa shape index (κ3) is 4.63. The first-order valence-electron chi connectivity index (χ1n) is 8.33. The molecule has 0 unspecified atom stereocenters. The van der Waals surface area contributed by atoms with Gasteiger partial charge in [-0.25, -0.2) is 0 Å². The van der Waals surface area contributed by atoms with E-state index in [2.05, 4.69) is 15.5 Å². The Bertz CT molecular complexity index is 970. The summed E-state index contributed by atoms with van der Waals surface area (Å²) in [5, 5.41) is 23.6. The van der Waals surface area contributed by atoms with E-state index in [1.165, 1.54) is 0 Å². The van der Waals surface area contributed by atoms with Gasteiger partial charge in [0.15, 0.2) is 5.69 Å². The Balaban J connectivity index is 1.91. The van der Waals surface area contributed by atoms with Gasteiger partial charge in [-0.15, -0.1) is 10.2 Å². The Morgan fingerprint density at radius 1 is 1.22 bits per heavy atom. The zero-order valence-electron chi connectivity index (χ0n) is 14.7. The van der Waals surface area contributed by atoms with E-state index in [1.54, 1.807) is 11.7 Å². The number of nitrogens with one attached hydrogen (secondary N) is 1. The van der Waals surface area contributed by atoms with Crippen molar-refractivity contribution in [3.05, 3.63) is 59.1 Å². The van der Waals surface area contributed by atoms with E-state index < -0.39 is 0 Å². The van der Waals surface area contributed by atoms with Gasteiger partial charge in [-0.1, -0.05) is 41.9 Å². The molecular weight excluding hydrogens is 384 g/mol. The molecule has 8 heteroatoms. The SMILES string of the molecule is COCCNC(=S)N=Nc1c(O)n(Cc2ccc(Cl)cc2)c2ccccc12. The number of hydrogen-bond acceptors (Lipinski definition) is 4. The minimum absolute atomic E-state index is 0.0367. The maximum Gasteiger partial charge on any atom is 0.221 e. The van der Waals surface area contributed by atoms with Crippen molar-refractivity contribution in [3.63, 3.8) is 0 Å². The van der Waals surface area contributed by atoms with Gasteiger partial charge in [-0.3, -0.25) is 0 Å². The number of aromatic hydroxyl groups is 1. The van der Waals surface area contributed by atoms with Crippen molar-refractivity contribution in [2.75, 3.05) is 20.3 Å². The minimum Gasteiger partial charge on any atom is -0.493 e. The predicted octanol–water partition coefficient (Wildman–Crippen LogP) is 4.65. The summed E-state index contributed by atoms with van der Waals surface area (Å²) >= 11 is 11.1. The Morgan fingerprint density at radius 3 is 2.70 bits per heavy atom. The van der Waals surface area contributed by atoms with Gasteiger partial charge in [0, 0.05) is 24.1 Å². The van der Waals surface area contributed by atoms with Crippen LogP contribution in [0.15, 0.2) is 58.8 Å². The molecule has 3 aromatic rings. The molecular formula is C19H19ClN4O2S. The number of ether oxygens (including phenoxy) is 1. The molecule has 0 aliphatic carbocycles. The number of nitrogens with zero attached hydrogens (tertiary/aromatic N) is 3. The molecule has 3 rings (SSSR count). The molecule has 6 nitrogen and oxygen atoms in total. The van der Waals surface area contributed by atoms with E-state index in [0.717, 1.165) is 16.5 Å². The lowest BCUT2D eigenvalue weighted by Gasteiger charge is -2.07. The molecule has 0 saturated carbocycles. The molecule has 0 fully saturated rings. The van der Waals surface area contributed by atoms with Crippen LogP contribution in [-0.4, -0.2) is 35.0 Å². The Kier molecular flexibility index (Phi) is 6.39. The third-order valence-electron chi connectivity index (χ3n) is 3.99. The highest BCUT2D eigenvalue weighted by atomic mass is 35.5. The largest absolute Gasteiger partial charge is 0.493 e. The van der Waals surface area contributed by atoms with Crippen molar-refractivity contribution >= 4 is 45.5 Å². The fraction of sp³-hybridized carbons (Fsp3) is 0.211. The van der Waals surface area contributed by atoms with E-state index >= 15 is 0 Å². The van der Waals surface area contributed by atoms with E-state index in [9.17, 15) is 5.11 Å². The van der Waals surface area contributed by atoms with Crippen LogP contribution in [0.1, 0.15) is 5.56 Å². The van der Waals surface area contributed by atoms with Gasteiger partial charge >= 0.3 is 0 Å². The van der Waals surface area contributed by atoms with Crippen LogP contribution in [0.25, 0.3) is 10.9 Å². The van der Waals surface area contributed by atoms with Crippen LogP contribution >= 0.6 is 23.8 Å².